The quantitative estimate of drug-likeness (QED) is 0.473. The second-order valence-electron chi connectivity index (χ2n) is 6.34. The van der Waals surface area contributed by atoms with E-state index in [2.05, 4.69) is 33.0 Å². The first kappa shape index (κ1) is 19.7. The van der Waals surface area contributed by atoms with Gasteiger partial charge in [0.1, 0.15) is 12.1 Å². The first-order valence-electron chi connectivity index (χ1n) is 9.22. The first-order valence-corrected chi connectivity index (χ1v) is 10.0. The van der Waals surface area contributed by atoms with Crippen LogP contribution in [0.25, 0.3) is 22.3 Å². The maximum absolute atomic E-state index is 10.0. The Morgan fingerprint density at radius 1 is 0.786 bits per heavy atom. The molecule has 0 unspecified atom stereocenters. The molecule has 3 nitrogen and oxygen atoms in total. The maximum atomic E-state index is 10.0. The van der Waals surface area contributed by atoms with Gasteiger partial charge in [-0.15, -0.1) is 0 Å². The van der Waals surface area contributed by atoms with Gasteiger partial charge >= 0.3 is 0 Å². The van der Waals surface area contributed by atoms with Crippen LogP contribution in [-0.4, -0.2) is 13.1 Å². The van der Waals surface area contributed by atoms with E-state index in [1.165, 1.54) is 0 Å². The molecule has 0 saturated heterocycles. The van der Waals surface area contributed by atoms with Crippen molar-refractivity contribution in [2.75, 3.05) is 18.0 Å². The molecule has 0 N–H and O–H groups in total. The molecule has 3 rings (SSSR count). The van der Waals surface area contributed by atoms with Crippen LogP contribution in [0.5, 0.6) is 0 Å². The summed E-state index contributed by atoms with van der Waals surface area (Å²) in [6.45, 7) is 5.52. The van der Waals surface area contributed by atoms with Gasteiger partial charge in [-0.05, 0) is 43.2 Å². The van der Waals surface area contributed by atoms with Crippen LogP contribution in [-0.2, 0) is 0 Å². The number of nitrogens with zero attached hydrogens (tertiary/aromatic N) is 3. The number of hydrogen-bond acceptors (Lipinski definition) is 3. The van der Waals surface area contributed by atoms with Crippen molar-refractivity contribution in [1.82, 2.24) is 0 Å². The second-order valence-corrected chi connectivity index (χ2v) is 7.25. The molecule has 0 radical (unpaired) electrons. The topological polar surface area (TPSA) is 50.8 Å². The summed E-state index contributed by atoms with van der Waals surface area (Å²) in [4.78, 5) is 2.09. The molecule has 0 aromatic heterocycles. The van der Waals surface area contributed by atoms with E-state index in [-0.39, 0.29) is 0 Å². The molecule has 0 atom stereocenters. The molecule has 0 aliphatic rings. The van der Waals surface area contributed by atoms with Crippen LogP contribution in [0.1, 0.15) is 25.0 Å². The van der Waals surface area contributed by atoms with Gasteiger partial charge in [0.25, 0.3) is 0 Å². The molecule has 0 spiro atoms. The van der Waals surface area contributed by atoms with Crippen molar-refractivity contribution in [3.05, 3.63) is 76.3 Å². The Labute approximate surface area is 174 Å². The van der Waals surface area contributed by atoms with E-state index < -0.39 is 0 Å². The van der Waals surface area contributed by atoms with Gasteiger partial charge in [0, 0.05) is 28.7 Å². The fraction of sp³-hybridized carbons (Fsp3) is 0.167. The molecule has 138 valence electrons. The molecule has 0 aliphatic heterocycles. The number of hydrogen-bond donors (Lipinski definition) is 0. The van der Waals surface area contributed by atoms with E-state index in [9.17, 15) is 10.5 Å². The van der Waals surface area contributed by atoms with E-state index in [0.29, 0.717) is 16.8 Å². The largest absolute Gasteiger partial charge is 0.370 e. The fourth-order valence-electron chi connectivity index (χ4n) is 3.45. The van der Waals surface area contributed by atoms with Gasteiger partial charge in [-0.2, -0.15) is 10.5 Å². The predicted octanol–water partition coefficient (Wildman–Crippen LogP) is 6.37. The van der Waals surface area contributed by atoms with Gasteiger partial charge in [0.05, 0.1) is 16.8 Å². The van der Waals surface area contributed by atoms with Crippen molar-refractivity contribution in [3.63, 3.8) is 0 Å². The van der Waals surface area contributed by atoms with Gasteiger partial charge in [-0.3, -0.25) is 0 Å². The molecule has 0 heterocycles. The summed E-state index contributed by atoms with van der Waals surface area (Å²) < 4.78 is 0.982. The van der Waals surface area contributed by atoms with Crippen LogP contribution >= 0.6 is 15.9 Å². The van der Waals surface area contributed by atoms with Crippen molar-refractivity contribution in [1.29, 1.82) is 10.5 Å². The minimum Gasteiger partial charge on any atom is -0.370 e. The Morgan fingerprint density at radius 3 is 1.75 bits per heavy atom. The van der Waals surface area contributed by atoms with Crippen LogP contribution in [0.15, 0.2) is 65.1 Å². The third-order valence-electron chi connectivity index (χ3n) is 4.84. The molecule has 4 heteroatoms. The van der Waals surface area contributed by atoms with Crippen molar-refractivity contribution < 1.29 is 0 Å². The standard InChI is InChI=1S/C24H20BrN3/c1-3-28(4-2)24-22(15-26)20(17-8-6-5-7-9-17)14-21(23(24)16-27)18-10-12-19(25)13-11-18/h5-14H,3-4H2,1-2H3. The van der Waals surface area contributed by atoms with Crippen molar-refractivity contribution in [2.24, 2.45) is 0 Å². The number of benzene rings is 3. The minimum absolute atomic E-state index is 0.544. The zero-order chi connectivity index (χ0) is 20.1. The van der Waals surface area contributed by atoms with Crippen molar-refractivity contribution in [2.45, 2.75) is 13.8 Å². The molecule has 0 fully saturated rings. The van der Waals surface area contributed by atoms with Crippen LogP contribution in [0, 0.1) is 22.7 Å². The van der Waals surface area contributed by atoms with Gasteiger partial charge in [-0.1, -0.05) is 58.4 Å². The number of anilines is 1. The summed E-state index contributed by atoms with van der Waals surface area (Å²) >= 11 is 3.47. The monoisotopic (exact) mass is 429 g/mol. The SMILES string of the molecule is CCN(CC)c1c(C#N)c(-c2ccccc2)cc(-c2ccc(Br)cc2)c1C#N. The Kier molecular flexibility index (Phi) is 6.14. The predicted molar refractivity (Wildman–Crippen MR) is 118 cm³/mol. The van der Waals surface area contributed by atoms with E-state index in [1.54, 1.807) is 0 Å². The zero-order valence-electron chi connectivity index (χ0n) is 15.9. The highest BCUT2D eigenvalue weighted by Crippen LogP contribution is 2.40. The highest BCUT2D eigenvalue weighted by molar-refractivity contribution is 9.10. The summed E-state index contributed by atoms with van der Waals surface area (Å²) in [7, 11) is 0. The second kappa shape index (κ2) is 8.74. The third-order valence-corrected chi connectivity index (χ3v) is 5.37. The van der Waals surface area contributed by atoms with Crippen LogP contribution in [0.4, 0.5) is 5.69 Å². The Hall–Kier alpha value is -3.08. The van der Waals surface area contributed by atoms with Crippen LogP contribution in [0.2, 0.25) is 0 Å². The van der Waals surface area contributed by atoms with Crippen molar-refractivity contribution >= 4 is 21.6 Å². The fourth-order valence-corrected chi connectivity index (χ4v) is 3.72. The van der Waals surface area contributed by atoms with Crippen LogP contribution in [0.3, 0.4) is 0 Å². The molecule has 0 bridgehead atoms. The first-order chi connectivity index (χ1) is 13.6. The summed E-state index contributed by atoms with van der Waals surface area (Å²) in [5.74, 6) is 0. The normalized spacial score (nSPS) is 10.2. The molecule has 3 aromatic carbocycles. The summed E-state index contributed by atoms with van der Waals surface area (Å²) in [6, 6.07) is 24.5. The highest BCUT2D eigenvalue weighted by atomic mass is 79.9. The summed E-state index contributed by atoms with van der Waals surface area (Å²) in [5.41, 5.74) is 5.42. The Morgan fingerprint density at radius 2 is 1.29 bits per heavy atom. The molecule has 3 aromatic rings. The van der Waals surface area contributed by atoms with E-state index in [4.69, 9.17) is 0 Å². The lowest BCUT2D eigenvalue weighted by Crippen LogP contribution is -2.24. The Balaban J connectivity index is 2.43. The van der Waals surface area contributed by atoms with Gasteiger partial charge in [-0.25, -0.2) is 0 Å². The van der Waals surface area contributed by atoms with Gasteiger partial charge in [0.15, 0.2) is 0 Å². The van der Waals surface area contributed by atoms with Gasteiger partial charge < -0.3 is 4.90 Å². The van der Waals surface area contributed by atoms with Gasteiger partial charge in [0.2, 0.25) is 0 Å². The summed E-state index contributed by atoms with van der Waals surface area (Å²) in [6.07, 6.45) is 0. The van der Waals surface area contributed by atoms with E-state index in [0.717, 1.165) is 39.8 Å². The lowest BCUT2D eigenvalue weighted by Gasteiger charge is -2.26. The zero-order valence-corrected chi connectivity index (χ0v) is 17.5. The average molecular weight is 430 g/mol. The van der Waals surface area contributed by atoms with E-state index in [1.807, 2.05) is 74.5 Å². The minimum atomic E-state index is 0.544. The molecular weight excluding hydrogens is 410 g/mol. The third kappa shape index (κ3) is 3.65. The highest BCUT2D eigenvalue weighted by Gasteiger charge is 2.23. The molecule has 0 saturated carbocycles. The number of nitriles is 2. The maximum Gasteiger partial charge on any atom is 0.102 e. The average Bonchev–Trinajstić information content (AvgIpc) is 2.75. The van der Waals surface area contributed by atoms with E-state index >= 15 is 0 Å². The summed E-state index contributed by atoms with van der Waals surface area (Å²) in [5, 5.41) is 20.1. The van der Waals surface area contributed by atoms with Crippen molar-refractivity contribution in [3.8, 4) is 34.4 Å². The Bertz CT molecular complexity index is 1050. The number of rotatable bonds is 5. The lowest BCUT2D eigenvalue weighted by atomic mass is 9.89. The molecular formula is C24H20BrN3. The molecule has 0 aliphatic carbocycles. The molecule has 28 heavy (non-hydrogen) atoms. The molecule has 0 amide bonds. The lowest BCUT2D eigenvalue weighted by molar-refractivity contribution is 0.863. The number of halogens is 1. The smallest absolute Gasteiger partial charge is 0.102 e. The van der Waals surface area contributed by atoms with Crippen LogP contribution < -0.4 is 4.90 Å².